The molecular weight excluding hydrogens is 356 g/mol. The number of aliphatic carboxylic acids is 1. The van der Waals surface area contributed by atoms with E-state index in [0.29, 0.717) is 25.9 Å². The average Bonchev–Trinajstić information content (AvgIpc) is 2.73. The van der Waals surface area contributed by atoms with Gasteiger partial charge in [-0.3, -0.25) is 4.79 Å². The van der Waals surface area contributed by atoms with Gasteiger partial charge in [0.25, 0.3) is 0 Å². The minimum atomic E-state index is -0.851. The van der Waals surface area contributed by atoms with E-state index >= 15 is 0 Å². The summed E-state index contributed by atoms with van der Waals surface area (Å²) in [7, 11) is 0. The summed E-state index contributed by atoms with van der Waals surface area (Å²) in [6.45, 7) is 2.67. The molecule has 148 valence electrons. The van der Waals surface area contributed by atoms with Crippen LogP contribution in [0.5, 0.6) is 0 Å². The molecule has 2 aromatic rings. The Kier molecular flexibility index (Phi) is 6.84. The Labute approximate surface area is 165 Å². The maximum absolute atomic E-state index is 12.7. The number of urea groups is 1. The molecule has 1 saturated heterocycles. The summed E-state index contributed by atoms with van der Waals surface area (Å²) in [5, 5.41) is 12.0. The summed E-state index contributed by atoms with van der Waals surface area (Å²) in [6.07, 6.45) is 2.83. The van der Waals surface area contributed by atoms with Gasteiger partial charge in [0.1, 0.15) is 5.82 Å². The molecule has 0 saturated carbocycles. The molecule has 1 unspecified atom stereocenters. The predicted octanol–water partition coefficient (Wildman–Crippen LogP) is 2.39. The molecule has 1 aromatic heterocycles. The quantitative estimate of drug-likeness (QED) is 0.768. The average molecular weight is 382 g/mol. The number of rotatable bonds is 7. The highest BCUT2D eigenvalue weighted by Crippen LogP contribution is 2.13. The molecule has 0 bridgehead atoms. The number of amides is 2. The van der Waals surface area contributed by atoms with Gasteiger partial charge in [0, 0.05) is 44.8 Å². The normalized spacial score (nSPS) is 15.1. The molecule has 2 N–H and O–H groups in total. The number of nitrogens with zero attached hydrogens (tertiary/aromatic N) is 3. The summed E-state index contributed by atoms with van der Waals surface area (Å²) in [5.74, 6) is 0.0715. The zero-order chi connectivity index (χ0) is 19.8. The van der Waals surface area contributed by atoms with E-state index in [9.17, 15) is 9.59 Å². The maximum Gasteiger partial charge on any atom is 0.317 e. The first-order valence-electron chi connectivity index (χ1n) is 9.59. The summed E-state index contributed by atoms with van der Waals surface area (Å²) in [6, 6.07) is 15.3. The van der Waals surface area contributed by atoms with Gasteiger partial charge in [-0.25, -0.2) is 9.78 Å². The second-order valence-electron chi connectivity index (χ2n) is 6.93. The lowest BCUT2D eigenvalue weighted by atomic mass is 10.0. The van der Waals surface area contributed by atoms with E-state index in [4.69, 9.17) is 5.11 Å². The number of carboxylic acid groups (broad SMARTS) is 1. The van der Waals surface area contributed by atoms with Crippen LogP contribution < -0.4 is 10.2 Å². The zero-order valence-corrected chi connectivity index (χ0v) is 15.8. The molecule has 1 aromatic carbocycles. The largest absolute Gasteiger partial charge is 0.481 e. The van der Waals surface area contributed by atoms with Crippen LogP contribution in [0.1, 0.15) is 18.4 Å². The van der Waals surface area contributed by atoms with Gasteiger partial charge < -0.3 is 20.2 Å². The number of piperazine rings is 1. The molecule has 1 fully saturated rings. The van der Waals surface area contributed by atoms with Crippen molar-refractivity contribution < 1.29 is 14.7 Å². The topological polar surface area (TPSA) is 85.8 Å². The van der Waals surface area contributed by atoms with E-state index in [2.05, 4.69) is 15.2 Å². The maximum atomic E-state index is 12.7. The van der Waals surface area contributed by atoms with Crippen molar-refractivity contribution >= 4 is 17.8 Å². The van der Waals surface area contributed by atoms with Gasteiger partial charge in [-0.1, -0.05) is 36.4 Å². The predicted molar refractivity (Wildman–Crippen MR) is 107 cm³/mol. The first-order valence-corrected chi connectivity index (χ1v) is 9.59. The van der Waals surface area contributed by atoms with Crippen molar-refractivity contribution in [1.29, 1.82) is 0 Å². The van der Waals surface area contributed by atoms with Crippen LogP contribution in [0.4, 0.5) is 10.6 Å². The lowest BCUT2D eigenvalue weighted by molar-refractivity contribution is -0.137. The van der Waals surface area contributed by atoms with Crippen molar-refractivity contribution in [3.63, 3.8) is 0 Å². The highest BCUT2D eigenvalue weighted by atomic mass is 16.4. The van der Waals surface area contributed by atoms with Crippen LogP contribution in [0.2, 0.25) is 0 Å². The molecule has 7 nitrogen and oxygen atoms in total. The van der Waals surface area contributed by atoms with Gasteiger partial charge in [0.15, 0.2) is 0 Å². The molecule has 28 heavy (non-hydrogen) atoms. The van der Waals surface area contributed by atoms with E-state index in [1.54, 1.807) is 11.1 Å². The number of carbonyl (C=O) groups is 2. The standard InChI is InChI=1S/C21H26N4O3/c26-20(27)10-9-18(16-17-6-2-1-3-7-17)23-21(28)25-14-12-24(13-15-25)19-8-4-5-11-22-19/h1-8,11,18H,9-10,12-16H2,(H,23,28)(H,26,27). The van der Waals surface area contributed by atoms with Gasteiger partial charge >= 0.3 is 12.0 Å². The number of carboxylic acids is 1. The van der Waals surface area contributed by atoms with Crippen LogP contribution in [0.3, 0.4) is 0 Å². The summed E-state index contributed by atoms with van der Waals surface area (Å²) in [5.41, 5.74) is 1.08. The van der Waals surface area contributed by atoms with E-state index < -0.39 is 5.97 Å². The third kappa shape index (κ3) is 5.70. The Bertz CT molecular complexity index is 762. The molecule has 3 rings (SSSR count). The first kappa shape index (κ1) is 19.7. The molecule has 7 heteroatoms. The van der Waals surface area contributed by atoms with Gasteiger partial charge in [0.2, 0.25) is 0 Å². The lowest BCUT2D eigenvalue weighted by Gasteiger charge is -2.36. The van der Waals surface area contributed by atoms with Crippen molar-refractivity contribution in [1.82, 2.24) is 15.2 Å². The Balaban J connectivity index is 1.55. The molecule has 0 spiro atoms. The SMILES string of the molecule is O=C(O)CCC(Cc1ccccc1)NC(=O)N1CCN(c2ccccn2)CC1. The van der Waals surface area contributed by atoms with Gasteiger partial charge in [-0.05, 0) is 30.5 Å². The van der Waals surface area contributed by atoms with Gasteiger partial charge in [-0.2, -0.15) is 0 Å². The Morgan fingerprint density at radius 3 is 2.39 bits per heavy atom. The number of pyridine rings is 1. The Morgan fingerprint density at radius 1 is 1.04 bits per heavy atom. The first-order chi connectivity index (χ1) is 13.6. The molecule has 2 amide bonds. The van der Waals surface area contributed by atoms with E-state index in [-0.39, 0.29) is 18.5 Å². The molecule has 1 aliphatic heterocycles. The van der Waals surface area contributed by atoms with Crippen molar-refractivity contribution in [2.75, 3.05) is 31.1 Å². The Morgan fingerprint density at radius 2 is 1.75 bits per heavy atom. The third-order valence-electron chi connectivity index (χ3n) is 4.90. The van der Waals surface area contributed by atoms with Crippen molar-refractivity contribution in [2.45, 2.75) is 25.3 Å². The monoisotopic (exact) mass is 382 g/mol. The van der Waals surface area contributed by atoms with E-state index in [1.165, 1.54) is 0 Å². The number of hydrogen-bond acceptors (Lipinski definition) is 4. The second kappa shape index (κ2) is 9.73. The third-order valence-corrected chi connectivity index (χ3v) is 4.90. The molecule has 2 heterocycles. The lowest BCUT2D eigenvalue weighted by Crippen LogP contribution is -2.54. The number of nitrogens with one attached hydrogen (secondary N) is 1. The van der Waals surface area contributed by atoms with Crippen LogP contribution >= 0.6 is 0 Å². The summed E-state index contributed by atoms with van der Waals surface area (Å²) < 4.78 is 0. The Hall–Kier alpha value is -3.09. The smallest absolute Gasteiger partial charge is 0.317 e. The fraction of sp³-hybridized carbons (Fsp3) is 0.381. The van der Waals surface area contributed by atoms with Crippen LogP contribution in [-0.4, -0.2) is 59.2 Å². The second-order valence-corrected chi connectivity index (χ2v) is 6.93. The van der Waals surface area contributed by atoms with E-state index in [1.807, 2.05) is 48.5 Å². The number of carbonyl (C=O) groups excluding carboxylic acids is 1. The molecule has 0 radical (unpaired) electrons. The fourth-order valence-electron chi connectivity index (χ4n) is 3.37. The zero-order valence-electron chi connectivity index (χ0n) is 15.8. The summed E-state index contributed by atoms with van der Waals surface area (Å²) >= 11 is 0. The van der Waals surface area contributed by atoms with Crippen LogP contribution in [0, 0.1) is 0 Å². The van der Waals surface area contributed by atoms with Gasteiger partial charge in [0.05, 0.1) is 0 Å². The number of anilines is 1. The minimum Gasteiger partial charge on any atom is -0.481 e. The van der Waals surface area contributed by atoms with Crippen molar-refractivity contribution in [2.24, 2.45) is 0 Å². The number of benzene rings is 1. The van der Waals surface area contributed by atoms with Crippen LogP contribution in [0.15, 0.2) is 54.7 Å². The molecule has 1 atom stereocenters. The van der Waals surface area contributed by atoms with E-state index in [0.717, 1.165) is 24.5 Å². The highest BCUT2D eigenvalue weighted by molar-refractivity contribution is 5.75. The number of aromatic nitrogens is 1. The van der Waals surface area contributed by atoms with Gasteiger partial charge in [-0.15, -0.1) is 0 Å². The fourth-order valence-corrected chi connectivity index (χ4v) is 3.37. The highest BCUT2D eigenvalue weighted by Gasteiger charge is 2.24. The molecular formula is C21H26N4O3. The van der Waals surface area contributed by atoms with Crippen molar-refractivity contribution in [3.8, 4) is 0 Å². The van der Waals surface area contributed by atoms with Crippen LogP contribution in [-0.2, 0) is 11.2 Å². The van der Waals surface area contributed by atoms with Crippen molar-refractivity contribution in [3.05, 3.63) is 60.3 Å². The van der Waals surface area contributed by atoms with Crippen LogP contribution in [0.25, 0.3) is 0 Å². The molecule has 0 aliphatic carbocycles. The summed E-state index contributed by atoms with van der Waals surface area (Å²) in [4.78, 5) is 32.0. The molecule has 1 aliphatic rings. The number of hydrogen-bond donors (Lipinski definition) is 2. The minimum absolute atomic E-state index is 0.0330.